The van der Waals surface area contributed by atoms with Crippen LogP contribution in [0.25, 0.3) is 0 Å². The molecule has 0 atom stereocenters. The molecule has 1 aromatic rings. The number of nitrogens with zero attached hydrogens (tertiary/aromatic N) is 2. The minimum atomic E-state index is 0.551. The Kier molecular flexibility index (Phi) is 3.47. The maximum atomic E-state index is 4.88. The zero-order valence-corrected chi connectivity index (χ0v) is 7.37. The zero-order valence-electron chi connectivity index (χ0n) is 7.37. The standard InChI is InChI=1S/C8H13N3O/c1-3-9-6-7-4-5-8(12-2)11-10-7/h4-5,9H,3,6H2,1-2H3. The highest BCUT2D eigenvalue weighted by Crippen LogP contribution is 2.02. The van der Waals surface area contributed by atoms with Gasteiger partial charge in [-0.15, -0.1) is 5.10 Å². The smallest absolute Gasteiger partial charge is 0.233 e. The summed E-state index contributed by atoms with van der Waals surface area (Å²) in [7, 11) is 1.58. The van der Waals surface area contributed by atoms with Crippen LogP contribution >= 0.6 is 0 Å². The van der Waals surface area contributed by atoms with Crippen LogP contribution in [0.1, 0.15) is 12.6 Å². The Morgan fingerprint density at radius 3 is 2.75 bits per heavy atom. The van der Waals surface area contributed by atoms with Gasteiger partial charge in [-0.3, -0.25) is 0 Å². The van der Waals surface area contributed by atoms with Crippen LogP contribution in [0, 0.1) is 0 Å². The molecule has 0 radical (unpaired) electrons. The van der Waals surface area contributed by atoms with Gasteiger partial charge < -0.3 is 10.1 Å². The van der Waals surface area contributed by atoms with Gasteiger partial charge in [0.2, 0.25) is 5.88 Å². The number of rotatable bonds is 4. The molecular weight excluding hydrogens is 154 g/mol. The Balaban J connectivity index is 2.53. The van der Waals surface area contributed by atoms with E-state index >= 15 is 0 Å². The summed E-state index contributed by atoms with van der Waals surface area (Å²) in [6.07, 6.45) is 0. The molecule has 0 aliphatic carbocycles. The van der Waals surface area contributed by atoms with Crippen molar-refractivity contribution < 1.29 is 4.74 Å². The van der Waals surface area contributed by atoms with Gasteiger partial charge in [0.25, 0.3) is 0 Å². The molecule has 1 N–H and O–H groups in total. The summed E-state index contributed by atoms with van der Waals surface area (Å²) >= 11 is 0. The van der Waals surface area contributed by atoms with Crippen molar-refractivity contribution in [2.24, 2.45) is 0 Å². The summed E-state index contributed by atoms with van der Waals surface area (Å²) in [6, 6.07) is 3.70. The SMILES string of the molecule is CCNCc1ccc(OC)nn1. The fourth-order valence-electron chi connectivity index (χ4n) is 0.804. The molecule has 0 spiro atoms. The highest BCUT2D eigenvalue weighted by atomic mass is 16.5. The third-order valence-corrected chi connectivity index (χ3v) is 1.46. The summed E-state index contributed by atoms with van der Waals surface area (Å²) < 4.78 is 4.88. The lowest BCUT2D eigenvalue weighted by atomic mass is 10.4. The third-order valence-electron chi connectivity index (χ3n) is 1.46. The fraction of sp³-hybridized carbons (Fsp3) is 0.500. The van der Waals surface area contributed by atoms with Crippen molar-refractivity contribution in [3.8, 4) is 5.88 Å². The molecule has 0 aliphatic rings. The van der Waals surface area contributed by atoms with Crippen LogP contribution < -0.4 is 10.1 Å². The van der Waals surface area contributed by atoms with Gasteiger partial charge >= 0.3 is 0 Å². The number of ether oxygens (including phenoxy) is 1. The van der Waals surface area contributed by atoms with E-state index in [1.165, 1.54) is 0 Å². The molecule has 1 heterocycles. The summed E-state index contributed by atoms with van der Waals surface area (Å²) in [5.41, 5.74) is 0.928. The average Bonchev–Trinajstić information content (AvgIpc) is 2.15. The largest absolute Gasteiger partial charge is 0.480 e. The molecule has 0 bridgehead atoms. The van der Waals surface area contributed by atoms with Crippen molar-refractivity contribution in [2.45, 2.75) is 13.5 Å². The molecule has 66 valence electrons. The normalized spacial score (nSPS) is 9.83. The highest BCUT2D eigenvalue weighted by molar-refractivity contribution is 5.10. The lowest BCUT2D eigenvalue weighted by molar-refractivity contribution is 0.391. The minimum absolute atomic E-state index is 0.551. The predicted molar refractivity (Wildman–Crippen MR) is 46.0 cm³/mol. The first-order valence-corrected chi connectivity index (χ1v) is 3.94. The Morgan fingerprint density at radius 2 is 2.25 bits per heavy atom. The number of nitrogens with one attached hydrogen (secondary N) is 1. The maximum Gasteiger partial charge on any atom is 0.233 e. The second-order valence-corrected chi connectivity index (χ2v) is 2.35. The van der Waals surface area contributed by atoms with E-state index in [0.717, 1.165) is 18.8 Å². The fourth-order valence-corrected chi connectivity index (χ4v) is 0.804. The second kappa shape index (κ2) is 4.66. The van der Waals surface area contributed by atoms with E-state index in [9.17, 15) is 0 Å². The minimum Gasteiger partial charge on any atom is -0.480 e. The van der Waals surface area contributed by atoms with Gasteiger partial charge in [-0.25, -0.2) is 0 Å². The first-order valence-electron chi connectivity index (χ1n) is 3.94. The first kappa shape index (κ1) is 8.93. The monoisotopic (exact) mass is 167 g/mol. The molecule has 4 heteroatoms. The maximum absolute atomic E-state index is 4.88. The molecule has 0 amide bonds. The zero-order chi connectivity index (χ0) is 8.81. The lowest BCUT2D eigenvalue weighted by Gasteiger charge is -2.00. The molecular formula is C8H13N3O. The summed E-state index contributed by atoms with van der Waals surface area (Å²) in [5.74, 6) is 0.551. The van der Waals surface area contributed by atoms with Crippen molar-refractivity contribution in [1.82, 2.24) is 15.5 Å². The number of hydrogen-bond donors (Lipinski definition) is 1. The van der Waals surface area contributed by atoms with Crippen molar-refractivity contribution >= 4 is 0 Å². The van der Waals surface area contributed by atoms with Crippen molar-refractivity contribution in [3.63, 3.8) is 0 Å². The molecule has 4 nitrogen and oxygen atoms in total. The molecule has 0 aliphatic heterocycles. The van der Waals surface area contributed by atoms with Gasteiger partial charge in [-0.2, -0.15) is 5.10 Å². The Hall–Kier alpha value is -1.16. The predicted octanol–water partition coefficient (Wildman–Crippen LogP) is 0.595. The van der Waals surface area contributed by atoms with Crippen LogP contribution in [-0.4, -0.2) is 23.9 Å². The average molecular weight is 167 g/mol. The molecule has 1 aromatic heterocycles. The topological polar surface area (TPSA) is 47.0 Å². The Bertz CT molecular complexity index is 222. The molecule has 0 fully saturated rings. The molecule has 1 rings (SSSR count). The molecule has 0 saturated carbocycles. The Labute approximate surface area is 72.0 Å². The molecule has 12 heavy (non-hydrogen) atoms. The van der Waals surface area contributed by atoms with Crippen LogP contribution in [-0.2, 0) is 6.54 Å². The van der Waals surface area contributed by atoms with Crippen LogP contribution in [0.5, 0.6) is 5.88 Å². The van der Waals surface area contributed by atoms with Crippen LogP contribution in [0.2, 0.25) is 0 Å². The van der Waals surface area contributed by atoms with E-state index in [4.69, 9.17) is 4.74 Å². The van der Waals surface area contributed by atoms with Gasteiger partial charge in [0.15, 0.2) is 0 Å². The van der Waals surface area contributed by atoms with Gasteiger partial charge in [0.1, 0.15) is 0 Å². The quantitative estimate of drug-likeness (QED) is 0.713. The van der Waals surface area contributed by atoms with Gasteiger partial charge in [-0.05, 0) is 12.6 Å². The van der Waals surface area contributed by atoms with Crippen molar-refractivity contribution in [2.75, 3.05) is 13.7 Å². The van der Waals surface area contributed by atoms with E-state index in [2.05, 4.69) is 22.4 Å². The summed E-state index contributed by atoms with van der Waals surface area (Å²) in [6.45, 7) is 3.75. The van der Waals surface area contributed by atoms with E-state index in [1.807, 2.05) is 6.07 Å². The molecule has 0 unspecified atom stereocenters. The van der Waals surface area contributed by atoms with Gasteiger partial charge in [0, 0.05) is 12.6 Å². The van der Waals surface area contributed by atoms with Crippen LogP contribution in [0.4, 0.5) is 0 Å². The van der Waals surface area contributed by atoms with E-state index in [1.54, 1.807) is 13.2 Å². The molecule has 0 saturated heterocycles. The summed E-state index contributed by atoms with van der Waals surface area (Å²) in [4.78, 5) is 0. The summed E-state index contributed by atoms with van der Waals surface area (Å²) in [5, 5.41) is 10.9. The third kappa shape index (κ3) is 2.47. The number of hydrogen-bond acceptors (Lipinski definition) is 4. The van der Waals surface area contributed by atoms with E-state index in [0.29, 0.717) is 5.88 Å². The molecule has 0 aromatic carbocycles. The van der Waals surface area contributed by atoms with Crippen molar-refractivity contribution in [3.05, 3.63) is 17.8 Å². The van der Waals surface area contributed by atoms with Gasteiger partial charge in [-0.1, -0.05) is 6.92 Å². The van der Waals surface area contributed by atoms with Gasteiger partial charge in [0.05, 0.1) is 12.8 Å². The van der Waals surface area contributed by atoms with Crippen molar-refractivity contribution in [1.29, 1.82) is 0 Å². The first-order chi connectivity index (χ1) is 5.86. The highest BCUT2D eigenvalue weighted by Gasteiger charge is 1.95. The lowest BCUT2D eigenvalue weighted by Crippen LogP contribution is -2.13. The second-order valence-electron chi connectivity index (χ2n) is 2.35. The number of methoxy groups -OCH3 is 1. The van der Waals surface area contributed by atoms with E-state index in [-0.39, 0.29) is 0 Å². The number of aromatic nitrogens is 2. The van der Waals surface area contributed by atoms with Crippen LogP contribution in [0.15, 0.2) is 12.1 Å². The van der Waals surface area contributed by atoms with E-state index < -0.39 is 0 Å². The van der Waals surface area contributed by atoms with Crippen LogP contribution in [0.3, 0.4) is 0 Å². The Morgan fingerprint density at radius 1 is 1.42 bits per heavy atom.